The van der Waals surface area contributed by atoms with Crippen LogP contribution in [0.1, 0.15) is 22.8 Å². The van der Waals surface area contributed by atoms with Crippen LogP contribution in [0.25, 0.3) is 11.0 Å². The van der Waals surface area contributed by atoms with E-state index in [1.165, 1.54) is 13.4 Å². The molecular weight excluding hydrogens is 493 g/mol. The van der Waals surface area contributed by atoms with Gasteiger partial charge in [0.05, 0.1) is 5.39 Å². The van der Waals surface area contributed by atoms with Gasteiger partial charge in [-0.2, -0.15) is 0 Å². The zero-order chi connectivity index (χ0) is 21.1. The van der Waals surface area contributed by atoms with Gasteiger partial charge in [0.1, 0.15) is 35.9 Å². The van der Waals surface area contributed by atoms with Crippen LogP contribution in [-0.4, -0.2) is 58.5 Å². The van der Waals surface area contributed by atoms with Gasteiger partial charge in [0.25, 0.3) is 0 Å². The second-order valence-corrected chi connectivity index (χ2v) is 7.17. The monoisotopic (exact) mass is 511 g/mol. The number of aromatic nitrogens is 3. The van der Waals surface area contributed by atoms with E-state index in [4.69, 9.17) is 33.3 Å². The van der Waals surface area contributed by atoms with Crippen LogP contribution in [0.3, 0.4) is 0 Å². The number of ether oxygens (including phenoxy) is 4. The van der Waals surface area contributed by atoms with Crippen molar-refractivity contribution >= 4 is 57.2 Å². The Morgan fingerprint density at radius 1 is 1.37 bits per heavy atom. The molecule has 0 spiro atoms. The maximum atomic E-state index is 11.8. The third-order valence-electron chi connectivity index (χ3n) is 4.02. The minimum atomic E-state index is -0.936. The Bertz CT molecular complexity index is 916. The van der Waals surface area contributed by atoms with Crippen molar-refractivity contribution < 1.29 is 31.3 Å². The smallest absolute Gasteiger partial charge is 0.303 e. The molecule has 1 fully saturated rings. The molecule has 3 rings (SSSR count). The zero-order valence-electron chi connectivity index (χ0n) is 16.1. The molecule has 9 nitrogen and oxygen atoms in total. The van der Waals surface area contributed by atoms with Crippen molar-refractivity contribution in [1.29, 1.82) is 0 Å². The molecule has 146 valence electrons. The first kappa shape index (κ1) is 17.6. The lowest BCUT2D eigenvalue weighted by molar-refractivity contribution is -0.157. The molecule has 3 heterocycles. The first-order valence-electron chi connectivity index (χ1n) is 9.11. The number of carbonyl (C=O) groups is 2. The summed E-state index contributed by atoms with van der Waals surface area (Å²) in [5.74, 6) is -1.51. The van der Waals surface area contributed by atoms with Crippen molar-refractivity contribution in [3.63, 3.8) is 0 Å². The molecule has 11 heteroatoms. The largest absolute Gasteiger partial charge is 0.463 e. The SMILES string of the molecule is [2H]CC(=O)OC[C@H]1OC(n2cc(I)c3c(Cl)ncnc32)[C@H](OC)[C@@H]1OC(=O)C[2H]. The minimum Gasteiger partial charge on any atom is -0.463 e. The summed E-state index contributed by atoms with van der Waals surface area (Å²) in [5, 5.41) is 0.917. The zero-order valence-corrected chi connectivity index (χ0v) is 17.0. The average Bonchev–Trinajstić information content (AvgIpc) is 3.23. The molecule has 0 bridgehead atoms. The van der Waals surface area contributed by atoms with Crippen LogP contribution in [0.5, 0.6) is 0 Å². The molecule has 0 amide bonds. The molecule has 0 aliphatic carbocycles. The molecule has 0 N–H and O–H groups in total. The summed E-state index contributed by atoms with van der Waals surface area (Å²) in [5.41, 5.74) is 0.496. The van der Waals surface area contributed by atoms with Gasteiger partial charge in [-0.15, -0.1) is 0 Å². The summed E-state index contributed by atoms with van der Waals surface area (Å²) in [6.07, 6.45) is -0.272. The number of carbonyl (C=O) groups excluding carboxylic acids is 2. The third-order valence-corrected chi connectivity index (χ3v) is 5.13. The first-order chi connectivity index (χ1) is 13.9. The Kier molecular flexibility index (Phi) is 5.37. The van der Waals surface area contributed by atoms with Crippen LogP contribution in [0.15, 0.2) is 12.5 Å². The van der Waals surface area contributed by atoms with E-state index in [0.29, 0.717) is 11.0 Å². The minimum absolute atomic E-state index is 0.240. The molecule has 4 atom stereocenters. The van der Waals surface area contributed by atoms with Gasteiger partial charge in [0.15, 0.2) is 12.3 Å². The normalized spacial score (nSPS) is 25.9. The molecule has 2 aromatic heterocycles. The molecule has 0 aromatic carbocycles. The lowest BCUT2D eigenvalue weighted by Gasteiger charge is -2.23. The van der Waals surface area contributed by atoms with Crippen molar-refractivity contribution in [2.45, 2.75) is 38.3 Å². The van der Waals surface area contributed by atoms with E-state index in [0.717, 1.165) is 3.57 Å². The molecule has 1 saturated heterocycles. The van der Waals surface area contributed by atoms with E-state index in [1.807, 2.05) is 0 Å². The van der Waals surface area contributed by atoms with Crippen LogP contribution in [0.4, 0.5) is 0 Å². The Morgan fingerprint density at radius 3 is 2.85 bits per heavy atom. The number of rotatable bonds is 5. The summed E-state index contributed by atoms with van der Waals surface area (Å²) in [6, 6.07) is 0. The van der Waals surface area contributed by atoms with Crippen LogP contribution in [0, 0.1) is 3.57 Å². The van der Waals surface area contributed by atoms with Crippen molar-refractivity contribution in [3.8, 4) is 0 Å². The fourth-order valence-electron chi connectivity index (χ4n) is 2.98. The number of methoxy groups -OCH3 is 1. The highest BCUT2D eigenvalue weighted by atomic mass is 127. The van der Waals surface area contributed by atoms with Gasteiger partial charge in [0, 0.05) is 33.4 Å². The summed E-state index contributed by atoms with van der Waals surface area (Å²) >= 11 is 8.29. The Balaban J connectivity index is 1.97. The molecule has 0 saturated carbocycles. The van der Waals surface area contributed by atoms with Crippen LogP contribution < -0.4 is 0 Å². The summed E-state index contributed by atoms with van der Waals surface area (Å²) < 4.78 is 38.7. The van der Waals surface area contributed by atoms with E-state index < -0.39 is 50.3 Å². The van der Waals surface area contributed by atoms with Gasteiger partial charge in [-0.1, -0.05) is 11.6 Å². The summed E-state index contributed by atoms with van der Waals surface area (Å²) in [4.78, 5) is 31.4. The first-order valence-corrected chi connectivity index (χ1v) is 9.15. The van der Waals surface area contributed by atoms with Gasteiger partial charge >= 0.3 is 11.9 Å². The second kappa shape index (κ2) is 8.25. The van der Waals surface area contributed by atoms with Crippen molar-refractivity contribution in [2.75, 3.05) is 13.7 Å². The average molecular weight is 512 g/mol. The van der Waals surface area contributed by atoms with E-state index in [2.05, 4.69) is 32.6 Å². The maximum Gasteiger partial charge on any atom is 0.303 e. The van der Waals surface area contributed by atoms with Crippen LogP contribution in [0.2, 0.25) is 5.15 Å². The van der Waals surface area contributed by atoms with Crippen molar-refractivity contribution in [3.05, 3.63) is 21.2 Å². The number of nitrogens with zero attached hydrogens (tertiary/aromatic N) is 3. The summed E-state index contributed by atoms with van der Waals surface area (Å²) in [6.45, 7) is -1.36. The van der Waals surface area contributed by atoms with Crippen molar-refractivity contribution in [1.82, 2.24) is 14.5 Å². The third kappa shape index (κ3) is 4.03. The molecule has 27 heavy (non-hydrogen) atoms. The van der Waals surface area contributed by atoms with E-state index in [1.54, 1.807) is 10.8 Å². The highest BCUT2D eigenvalue weighted by molar-refractivity contribution is 14.1. The lowest BCUT2D eigenvalue weighted by atomic mass is 10.1. The predicted molar refractivity (Wildman–Crippen MR) is 102 cm³/mol. The Hall–Kier alpha value is -1.50. The number of hydrogen-bond donors (Lipinski definition) is 0. The van der Waals surface area contributed by atoms with Gasteiger partial charge in [-0.3, -0.25) is 9.59 Å². The van der Waals surface area contributed by atoms with E-state index >= 15 is 0 Å². The molecule has 1 unspecified atom stereocenters. The number of esters is 2. The highest BCUT2D eigenvalue weighted by Crippen LogP contribution is 2.38. The fourth-order valence-corrected chi connectivity index (χ4v) is 4.17. The standard InChI is InChI=1S/C16H17ClIN3O6/c1-7(22)25-5-10-12(26-8(2)23)13(24-3)16(27-10)21-4-9(18)11-14(17)19-6-20-15(11)21/h4,6,10,12-13,16H,5H2,1-3H3/t10-,12-,13-,16?/m1/s1/i1D,2D. The Labute approximate surface area is 176 Å². The topological polar surface area (TPSA) is 102 Å². The van der Waals surface area contributed by atoms with Crippen LogP contribution >= 0.6 is 34.2 Å². The van der Waals surface area contributed by atoms with E-state index in [-0.39, 0.29) is 11.8 Å². The van der Waals surface area contributed by atoms with Crippen LogP contribution in [-0.2, 0) is 28.5 Å². The number of fused-ring (bicyclic) bond motifs is 1. The second-order valence-electron chi connectivity index (χ2n) is 5.65. The van der Waals surface area contributed by atoms with Crippen molar-refractivity contribution in [2.24, 2.45) is 0 Å². The molecule has 1 aliphatic heterocycles. The Morgan fingerprint density at radius 2 is 2.15 bits per heavy atom. The summed E-state index contributed by atoms with van der Waals surface area (Å²) in [7, 11) is 1.43. The van der Waals surface area contributed by atoms with E-state index in [9.17, 15) is 9.59 Å². The van der Waals surface area contributed by atoms with Gasteiger partial charge in [0.2, 0.25) is 0 Å². The fraction of sp³-hybridized carbons (Fsp3) is 0.500. The van der Waals surface area contributed by atoms with Gasteiger partial charge in [-0.05, 0) is 22.6 Å². The molecule has 2 aromatic rings. The maximum absolute atomic E-state index is 11.8. The quantitative estimate of drug-likeness (QED) is 0.342. The number of hydrogen-bond acceptors (Lipinski definition) is 8. The molecule has 1 aliphatic rings. The lowest BCUT2D eigenvalue weighted by Crippen LogP contribution is -2.39. The predicted octanol–water partition coefficient (Wildman–Crippen LogP) is 2.10. The van der Waals surface area contributed by atoms with Gasteiger partial charge < -0.3 is 23.5 Å². The van der Waals surface area contributed by atoms with Gasteiger partial charge in [-0.25, -0.2) is 9.97 Å². The number of halogens is 2. The molecule has 0 radical (unpaired) electrons. The molecular formula is C16H17ClIN3O6. The highest BCUT2D eigenvalue weighted by Gasteiger charge is 2.49.